The normalized spacial score (nSPS) is 19.4. The molecule has 21 heavy (non-hydrogen) atoms. The van der Waals surface area contributed by atoms with Gasteiger partial charge in [-0.05, 0) is 43.4 Å². The van der Waals surface area contributed by atoms with Crippen LogP contribution in [0.2, 0.25) is 0 Å². The number of fused-ring (bicyclic) bond motifs is 1. The maximum atomic E-state index is 12.3. The van der Waals surface area contributed by atoms with E-state index in [0.29, 0.717) is 0 Å². The van der Waals surface area contributed by atoms with E-state index in [4.69, 9.17) is 9.47 Å². The SMILES string of the molecule is CC1CCN(C(=O)NC(C)c2ccc3c(c2)OCO3)CC1. The van der Waals surface area contributed by atoms with E-state index in [9.17, 15) is 4.79 Å². The number of carbonyl (C=O) groups is 1. The van der Waals surface area contributed by atoms with Crippen LogP contribution in [0.15, 0.2) is 18.2 Å². The van der Waals surface area contributed by atoms with Crippen LogP contribution >= 0.6 is 0 Å². The Labute approximate surface area is 125 Å². The standard InChI is InChI=1S/C16H22N2O3/c1-11-5-7-18(8-6-11)16(19)17-12(2)13-3-4-14-15(9-13)21-10-20-14/h3-4,9,11-12H,5-8,10H2,1-2H3,(H,17,19). The Bertz CT molecular complexity index is 524. The third-order valence-corrected chi connectivity index (χ3v) is 4.31. The average molecular weight is 290 g/mol. The summed E-state index contributed by atoms with van der Waals surface area (Å²) in [5.41, 5.74) is 1.03. The number of likely N-dealkylation sites (tertiary alicyclic amines) is 1. The van der Waals surface area contributed by atoms with Gasteiger partial charge in [0.15, 0.2) is 11.5 Å². The highest BCUT2D eigenvalue weighted by molar-refractivity contribution is 5.74. The maximum absolute atomic E-state index is 12.3. The highest BCUT2D eigenvalue weighted by Gasteiger charge is 2.22. The first kappa shape index (κ1) is 14.0. The summed E-state index contributed by atoms with van der Waals surface area (Å²) >= 11 is 0. The van der Waals surface area contributed by atoms with E-state index in [2.05, 4.69) is 12.2 Å². The Balaban J connectivity index is 1.60. The largest absolute Gasteiger partial charge is 0.454 e. The second-order valence-corrected chi connectivity index (χ2v) is 5.95. The van der Waals surface area contributed by atoms with E-state index in [1.54, 1.807) is 0 Å². The number of hydrogen-bond donors (Lipinski definition) is 1. The third-order valence-electron chi connectivity index (χ3n) is 4.31. The molecule has 5 heteroatoms. The number of urea groups is 1. The summed E-state index contributed by atoms with van der Waals surface area (Å²) in [4.78, 5) is 14.2. The van der Waals surface area contributed by atoms with E-state index in [-0.39, 0.29) is 18.9 Å². The van der Waals surface area contributed by atoms with E-state index in [1.807, 2.05) is 30.0 Å². The minimum Gasteiger partial charge on any atom is -0.454 e. The van der Waals surface area contributed by atoms with Crippen molar-refractivity contribution in [2.24, 2.45) is 5.92 Å². The fourth-order valence-electron chi connectivity index (χ4n) is 2.75. The molecule has 2 amide bonds. The molecule has 1 aromatic carbocycles. The van der Waals surface area contributed by atoms with Crippen LogP contribution in [-0.2, 0) is 0 Å². The fourth-order valence-corrected chi connectivity index (χ4v) is 2.75. The van der Waals surface area contributed by atoms with E-state index < -0.39 is 0 Å². The molecule has 1 atom stereocenters. The van der Waals surface area contributed by atoms with Crippen LogP contribution in [0.25, 0.3) is 0 Å². The number of ether oxygens (including phenoxy) is 2. The van der Waals surface area contributed by atoms with Crippen molar-refractivity contribution in [1.82, 2.24) is 10.2 Å². The summed E-state index contributed by atoms with van der Waals surface area (Å²) in [7, 11) is 0. The predicted molar refractivity (Wildman–Crippen MR) is 79.5 cm³/mol. The summed E-state index contributed by atoms with van der Waals surface area (Å²) in [5, 5.41) is 3.06. The van der Waals surface area contributed by atoms with Gasteiger partial charge in [-0.2, -0.15) is 0 Å². The Morgan fingerprint density at radius 2 is 2.00 bits per heavy atom. The molecule has 2 aliphatic heterocycles. The number of nitrogens with zero attached hydrogens (tertiary/aromatic N) is 1. The highest BCUT2D eigenvalue weighted by Crippen LogP contribution is 2.34. The minimum atomic E-state index is -0.0497. The summed E-state index contributed by atoms with van der Waals surface area (Å²) in [6, 6.07) is 5.77. The fraction of sp³-hybridized carbons (Fsp3) is 0.562. The van der Waals surface area contributed by atoms with Crippen LogP contribution in [0.1, 0.15) is 38.3 Å². The van der Waals surface area contributed by atoms with Crippen molar-refractivity contribution in [3.05, 3.63) is 23.8 Å². The Hall–Kier alpha value is -1.91. The Morgan fingerprint density at radius 3 is 2.76 bits per heavy atom. The number of rotatable bonds is 2. The summed E-state index contributed by atoms with van der Waals surface area (Å²) in [6.07, 6.45) is 2.18. The van der Waals surface area contributed by atoms with Gasteiger partial charge in [-0.25, -0.2) is 4.79 Å². The monoisotopic (exact) mass is 290 g/mol. The van der Waals surface area contributed by atoms with Crippen molar-refractivity contribution < 1.29 is 14.3 Å². The summed E-state index contributed by atoms with van der Waals surface area (Å²) in [6.45, 7) is 6.19. The molecular weight excluding hydrogens is 268 g/mol. The molecule has 1 saturated heterocycles. The molecule has 2 heterocycles. The maximum Gasteiger partial charge on any atom is 0.317 e. The lowest BCUT2D eigenvalue weighted by atomic mass is 9.99. The molecule has 0 bridgehead atoms. The number of hydrogen-bond acceptors (Lipinski definition) is 3. The molecular formula is C16H22N2O3. The lowest BCUT2D eigenvalue weighted by Crippen LogP contribution is -2.44. The van der Waals surface area contributed by atoms with Gasteiger partial charge < -0.3 is 19.7 Å². The topological polar surface area (TPSA) is 50.8 Å². The van der Waals surface area contributed by atoms with Gasteiger partial charge in [-0.1, -0.05) is 13.0 Å². The predicted octanol–water partition coefficient (Wildman–Crippen LogP) is 2.92. The number of amides is 2. The van der Waals surface area contributed by atoms with Crippen LogP contribution in [0.3, 0.4) is 0 Å². The number of benzene rings is 1. The lowest BCUT2D eigenvalue weighted by molar-refractivity contribution is 0.171. The first-order valence-electron chi connectivity index (χ1n) is 7.58. The van der Waals surface area contributed by atoms with Gasteiger partial charge in [0.25, 0.3) is 0 Å². The molecule has 3 rings (SSSR count). The van der Waals surface area contributed by atoms with Gasteiger partial charge in [-0.3, -0.25) is 0 Å². The zero-order chi connectivity index (χ0) is 14.8. The van der Waals surface area contributed by atoms with Crippen molar-refractivity contribution in [2.45, 2.75) is 32.7 Å². The molecule has 0 aliphatic carbocycles. The third kappa shape index (κ3) is 3.06. The first-order chi connectivity index (χ1) is 10.1. The first-order valence-corrected chi connectivity index (χ1v) is 7.58. The van der Waals surface area contributed by atoms with Crippen LogP contribution in [0.5, 0.6) is 11.5 Å². The molecule has 0 saturated carbocycles. The Morgan fingerprint density at radius 1 is 1.29 bits per heavy atom. The van der Waals surface area contributed by atoms with Crippen LogP contribution in [0, 0.1) is 5.92 Å². The molecule has 1 aromatic rings. The second kappa shape index (κ2) is 5.84. The molecule has 1 fully saturated rings. The molecule has 0 aromatic heterocycles. The van der Waals surface area contributed by atoms with E-state index >= 15 is 0 Å². The van der Waals surface area contributed by atoms with Crippen molar-refractivity contribution in [1.29, 1.82) is 0 Å². The molecule has 114 valence electrons. The van der Waals surface area contributed by atoms with Crippen molar-refractivity contribution >= 4 is 6.03 Å². The molecule has 2 aliphatic rings. The van der Waals surface area contributed by atoms with E-state index in [0.717, 1.165) is 48.9 Å². The van der Waals surface area contributed by atoms with Gasteiger partial charge in [0.1, 0.15) is 0 Å². The lowest BCUT2D eigenvalue weighted by Gasteiger charge is -2.31. The second-order valence-electron chi connectivity index (χ2n) is 5.95. The van der Waals surface area contributed by atoms with Crippen LogP contribution in [0.4, 0.5) is 4.79 Å². The number of piperidine rings is 1. The summed E-state index contributed by atoms with van der Waals surface area (Å²) < 4.78 is 10.7. The smallest absolute Gasteiger partial charge is 0.317 e. The van der Waals surface area contributed by atoms with Gasteiger partial charge in [0, 0.05) is 13.1 Å². The zero-order valence-corrected chi connectivity index (χ0v) is 12.6. The molecule has 1 unspecified atom stereocenters. The molecule has 5 nitrogen and oxygen atoms in total. The molecule has 0 spiro atoms. The average Bonchev–Trinajstić information content (AvgIpc) is 2.95. The number of nitrogens with one attached hydrogen (secondary N) is 1. The highest BCUT2D eigenvalue weighted by atomic mass is 16.7. The van der Waals surface area contributed by atoms with E-state index in [1.165, 1.54) is 0 Å². The van der Waals surface area contributed by atoms with Crippen LogP contribution < -0.4 is 14.8 Å². The van der Waals surface area contributed by atoms with Gasteiger partial charge >= 0.3 is 6.03 Å². The van der Waals surface area contributed by atoms with Crippen molar-refractivity contribution in [3.8, 4) is 11.5 Å². The minimum absolute atomic E-state index is 0.0204. The van der Waals surface area contributed by atoms with Gasteiger partial charge in [0.2, 0.25) is 6.79 Å². The van der Waals surface area contributed by atoms with Crippen molar-refractivity contribution in [2.75, 3.05) is 19.9 Å². The quantitative estimate of drug-likeness (QED) is 0.911. The Kier molecular flexibility index (Phi) is 3.90. The number of carbonyl (C=O) groups excluding carboxylic acids is 1. The van der Waals surface area contributed by atoms with Crippen LogP contribution in [-0.4, -0.2) is 30.8 Å². The zero-order valence-electron chi connectivity index (χ0n) is 12.6. The van der Waals surface area contributed by atoms with Gasteiger partial charge in [-0.15, -0.1) is 0 Å². The molecule has 0 radical (unpaired) electrons. The summed E-state index contributed by atoms with van der Waals surface area (Å²) in [5.74, 6) is 2.24. The van der Waals surface area contributed by atoms with Gasteiger partial charge in [0.05, 0.1) is 6.04 Å². The molecule has 1 N–H and O–H groups in total. The van der Waals surface area contributed by atoms with Crippen molar-refractivity contribution in [3.63, 3.8) is 0 Å².